The summed E-state index contributed by atoms with van der Waals surface area (Å²) in [7, 11) is 0. The second kappa shape index (κ2) is 11.3. The van der Waals surface area contributed by atoms with Crippen molar-refractivity contribution in [2.45, 2.75) is 78.1 Å². The van der Waals surface area contributed by atoms with E-state index >= 15 is 0 Å². The van der Waals surface area contributed by atoms with Crippen molar-refractivity contribution in [3.63, 3.8) is 0 Å². The topological polar surface area (TPSA) is 0 Å². The van der Waals surface area contributed by atoms with E-state index in [4.69, 9.17) is 0 Å². The summed E-state index contributed by atoms with van der Waals surface area (Å²) in [6.45, 7) is 13.2. The van der Waals surface area contributed by atoms with Crippen LogP contribution in [0.5, 0.6) is 0 Å². The van der Waals surface area contributed by atoms with Crippen LogP contribution in [0.2, 0.25) is 0 Å². The molecule has 0 aliphatic carbocycles. The van der Waals surface area contributed by atoms with E-state index in [1.54, 1.807) is 0 Å². The highest BCUT2D eigenvalue weighted by Gasteiger charge is 2.08. The summed E-state index contributed by atoms with van der Waals surface area (Å²) in [5, 5.41) is 0. The van der Waals surface area contributed by atoms with Crippen LogP contribution in [-0.4, -0.2) is 0 Å². The van der Waals surface area contributed by atoms with Gasteiger partial charge in [0.2, 0.25) is 0 Å². The van der Waals surface area contributed by atoms with E-state index in [0.717, 1.165) is 12.8 Å². The van der Waals surface area contributed by atoms with Gasteiger partial charge in [0, 0.05) is 0 Å². The minimum Gasteiger partial charge on any atom is -0.0952 e. The molecule has 0 amide bonds. The molecule has 122 valence electrons. The smallest absolute Gasteiger partial charge is 0.0155 e. The lowest BCUT2D eigenvalue weighted by Crippen LogP contribution is -1.93. The molecule has 0 nitrogen and oxygen atoms in total. The van der Waals surface area contributed by atoms with Gasteiger partial charge < -0.3 is 0 Å². The highest BCUT2D eigenvalue weighted by atomic mass is 14.1. The Labute approximate surface area is 138 Å². The largest absolute Gasteiger partial charge is 0.0952 e. The van der Waals surface area contributed by atoms with Crippen molar-refractivity contribution in [2.75, 3.05) is 0 Å². The first kappa shape index (κ1) is 18.7. The minimum absolute atomic E-state index is 1.11. The maximum atomic E-state index is 4.33. The average Bonchev–Trinajstić information content (AvgIpc) is 2.55. The molecule has 0 N–H and O–H groups in total. The molecule has 0 heteroatoms. The molecule has 1 aromatic carbocycles. The fourth-order valence-electron chi connectivity index (χ4n) is 2.90. The Balaban J connectivity index is 2.60. The zero-order valence-electron chi connectivity index (χ0n) is 14.8. The van der Waals surface area contributed by atoms with E-state index in [1.807, 2.05) is 0 Å². The predicted molar refractivity (Wildman–Crippen MR) is 102 cm³/mol. The summed E-state index contributed by atoms with van der Waals surface area (Å²) in [5.41, 5.74) is 5.20. The molecule has 0 aliphatic heterocycles. The quantitative estimate of drug-likeness (QED) is 0.347. The number of hydrogen-bond donors (Lipinski definition) is 0. The third kappa shape index (κ3) is 6.64. The van der Waals surface area contributed by atoms with Crippen LogP contribution >= 0.6 is 0 Å². The zero-order valence-corrected chi connectivity index (χ0v) is 14.8. The van der Waals surface area contributed by atoms with Crippen LogP contribution in [0.1, 0.15) is 89.2 Å². The lowest BCUT2D eigenvalue weighted by atomic mass is 9.91. The lowest BCUT2D eigenvalue weighted by Gasteiger charge is -2.14. The van der Waals surface area contributed by atoms with Gasteiger partial charge in [0.15, 0.2) is 0 Å². The first-order valence-corrected chi connectivity index (χ1v) is 9.16. The van der Waals surface area contributed by atoms with E-state index < -0.39 is 0 Å². The second-order valence-electron chi connectivity index (χ2n) is 6.37. The standard InChI is InChI=1S/C22H34/c1-5-7-9-11-15-19(3)21-17-13-14-18-22(21)20(4)16-12-10-8-6-2/h13-14,17-18H,3-12,15-16H2,1-2H3. The second-order valence-corrected chi connectivity index (χ2v) is 6.37. The highest BCUT2D eigenvalue weighted by molar-refractivity contribution is 5.78. The maximum absolute atomic E-state index is 4.33. The third-order valence-corrected chi connectivity index (χ3v) is 4.35. The van der Waals surface area contributed by atoms with E-state index in [0.29, 0.717) is 0 Å². The zero-order chi connectivity index (χ0) is 16.2. The van der Waals surface area contributed by atoms with Gasteiger partial charge >= 0.3 is 0 Å². The van der Waals surface area contributed by atoms with Crippen LogP contribution < -0.4 is 0 Å². The van der Waals surface area contributed by atoms with Crippen molar-refractivity contribution in [1.29, 1.82) is 0 Å². The summed E-state index contributed by atoms with van der Waals surface area (Å²) in [4.78, 5) is 0. The Bertz CT molecular complexity index is 410. The summed E-state index contributed by atoms with van der Waals surface area (Å²) < 4.78 is 0. The number of rotatable bonds is 12. The minimum atomic E-state index is 1.11. The molecular weight excluding hydrogens is 264 g/mol. The number of benzene rings is 1. The highest BCUT2D eigenvalue weighted by Crippen LogP contribution is 2.29. The van der Waals surface area contributed by atoms with Crippen molar-refractivity contribution in [2.24, 2.45) is 0 Å². The van der Waals surface area contributed by atoms with Gasteiger partial charge in [0.05, 0.1) is 0 Å². The van der Waals surface area contributed by atoms with E-state index in [-0.39, 0.29) is 0 Å². The molecular formula is C22H34. The van der Waals surface area contributed by atoms with Gasteiger partial charge in [-0.3, -0.25) is 0 Å². The Morgan fingerprint density at radius 1 is 0.682 bits per heavy atom. The Morgan fingerprint density at radius 3 is 1.45 bits per heavy atom. The predicted octanol–water partition coefficient (Wildman–Crippen LogP) is 7.65. The average molecular weight is 299 g/mol. The molecule has 0 aliphatic rings. The normalized spacial score (nSPS) is 10.6. The summed E-state index contributed by atoms with van der Waals surface area (Å²) in [6.07, 6.45) is 12.6. The molecule has 0 aromatic heterocycles. The van der Waals surface area contributed by atoms with Crippen molar-refractivity contribution in [3.8, 4) is 0 Å². The monoisotopic (exact) mass is 298 g/mol. The summed E-state index contributed by atoms with van der Waals surface area (Å²) >= 11 is 0. The molecule has 0 saturated carbocycles. The Hall–Kier alpha value is -1.30. The van der Waals surface area contributed by atoms with Crippen molar-refractivity contribution < 1.29 is 0 Å². The molecule has 0 bridgehead atoms. The molecule has 1 rings (SSSR count). The van der Waals surface area contributed by atoms with Crippen LogP contribution in [-0.2, 0) is 0 Å². The molecule has 0 unspecified atom stereocenters. The van der Waals surface area contributed by atoms with E-state index in [1.165, 1.54) is 73.6 Å². The Morgan fingerprint density at radius 2 is 1.09 bits per heavy atom. The van der Waals surface area contributed by atoms with Gasteiger partial charge in [-0.1, -0.05) is 89.8 Å². The SMILES string of the molecule is C=C(CCCCCC)c1ccccc1C(=C)CCCCCC. The maximum Gasteiger partial charge on any atom is -0.0155 e. The van der Waals surface area contributed by atoms with Crippen LogP contribution in [0, 0.1) is 0 Å². The van der Waals surface area contributed by atoms with Crippen molar-refractivity contribution >= 4 is 11.1 Å². The van der Waals surface area contributed by atoms with Crippen LogP contribution in [0.4, 0.5) is 0 Å². The van der Waals surface area contributed by atoms with Gasteiger partial charge in [-0.25, -0.2) is 0 Å². The van der Waals surface area contributed by atoms with E-state index in [9.17, 15) is 0 Å². The molecule has 0 fully saturated rings. The number of unbranched alkanes of at least 4 members (excludes halogenated alkanes) is 6. The molecule has 0 spiro atoms. The van der Waals surface area contributed by atoms with Gasteiger partial charge in [0.1, 0.15) is 0 Å². The summed E-state index contributed by atoms with van der Waals surface area (Å²) in [6, 6.07) is 8.68. The van der Waals surface area contributed by atoms with Gasteiger partial charge in [-0.2, -0.15) is 0 Å². The first-order valence-electron chi connectivity index (χ1n) is 9.16. The molecule has 0 saturated heterocycles. The molecule has 0 atom stereocenters. The number of allylic oxidation sites excluding steroid dienone is 2. The van der Waals surface area contributed by atoms with E-state index in [2.05, 4.69) is 51.3 Å². The molecule has 1 aromatic rings. The Kier molecular flexibility index (Phi) is 9.62. The fourth-order valence-corrected chi connectivity index (χ4v) is 2.90. The summed E-state index contributed by atoms with van der Waals surface area (Å²) in [5.74, 6) is 0. The van der Waals surface area contributed by atoms with Gasteiger partial charge in [-0.05, 0) is 48.0 Å². The molecule has 0 radical (unpaired) electrons. The van der Waals surface area contributed by atoms with Crippen LogP contribution in [0.15, 0.2) is 37.4 Å². The van der Waals surface area contributed by atoms with Gasteiger partial charge in [-0.15, -0.1) is 0 Å². The lowest BCUT2D eigenvalue weighted by molar-refractivity contribution is 0.677. The van der Waals surface area contributed by atoms with Crippen LogP contribution in [0.25, 0.3) is 11.1 Å². The van der Waals surface area contributed by atoms with Crippen LogP contribution in [0.3, 0.4) is 0 Å². The third-order valence-electron chi connectivity index (χ3n) is 4.35. The fraction of sp³-hybridized carbons (Fsp3) is 0.545. The van der Waals surface area contributed by atoms with Crippen molar-refractivity contribution in [3.05, 3.63) is 48.6 Å². The van der Waals surface area contributed by atoms with Gasteiger partial charge in [0.25, 0.3) is 0 Å². The molecule has 0 heterocycles. The number of hydrogen-bond acceptors (Lipinski definition) is 0. The molecule has 22 heavy (non-hydrogen) atoms. The van der Waals surface area contributed by atoms with Crippen molar-refractivity contribution in [1.82, 2.24) is 0 Å². The first-order chi connectivity index (χ1) is 10.7.